The first-order valence-electron chi connectivity index (χ1n) is 11.5. The Morgan fingerprint density at radius 2 is 0.923 bits per heavy atom. The van der Waals surface area contributed by atoms with Crippen molar-refractivity contribution in [3.8, 4) is 28.7 Å². The van der Waals surface area contributed by atoms with E-state index in [9.17, 15) is 0 Å². The summed E-state index contributed by atoms with van der Waals surface area (Å²) in [5.41, 5.74) is 0.478. The van der Waals surface area contributed by atoms with E-state index in [1.165, 1.54) is 0 Å². The van der Waals surface area contributed by atoms with Gasteiger partial charge in [0.25, 0.3) is 0 Å². The van der Waals surface area contributed by atoms with Crippen LogP contribution in [-0.4, -0.2) is 24.9 Å². The maximum Gasteiger partial charge on any atom is 0.530 e. The van der Waals surface area contributed by atoms with E-state index in [0.717, 1.165) is 0 Å². The molecule has 0 amide bonds. The quantitative estimate of drug-likeness (QED) is 0.150. The van der Waals surface area contributed by atoms with Gasteiger partial charge in [-0.05, 0) is 60.7 Å². The van der Waals surface area contributed by atoms with Gasteiger partial charge >= 0.3 is 17.2 Å². The van der Waals surface area contributed by atoms with E-state index >= 15 is 0 Å². The second-order valence-corrected chi connectivity index (χ2v) is 9.45. The lowest BCUT2D eigenvalue weighted by Crippen LogP contribution is -2.06. The van der Waals surface area contributed by atoms with Crippen LogP contribution in [0.15, 0.2) is 116 Å². The van der Waals surface area contributed by atoms with E-state index in [1.807, 2.05) is 0 Å². The SMILES string of the molecule is c1cncc(OP(OCc2ncccc2OP(Oc2cccnc2)Oc2cccnc2)Oc2cccnc2)c1. The first kappa shape index (κ1) is 26.2. The van der Waals surface area contributed by atoms with Crippen molar-refractivity contribution in [2.75, 3.05) is 0 Å². The number of pyridine rings is 5. The van der Waals surface area contributed by atoms with Crippen molar-refractivity contribution in [3.05, 3.63) is 122 Å². The third-order valence-corrected chi connectivity index (χ3v) is 6.71. The largest absolute Gasteiger partial charge is 0.530 e. The standard InChI is InChI=1S/C26H21N5O6P2/c1-6-21(16-27-11-1)33-38(34-22-7-2-12-28-17-22)32-20-25-26(10-5-15-31-25)37-39(35-23-8-3-13-29-18-23)36-24-9-4-14-30-19-24/h1-19H,20H2. The number of aromatic nitrogens is 5. The molecule has 5 heterocycles. The van der Waals surface area contributed by atoms with Crippen LogP contribution in [0.25, 0.3) is 0 Å². The van der Waals surface area contributed by atoms with E-state index in [4.69, 9.17) is 27.1 Å². The molecule has 0 aliphatic rings. The van der Waals surface area contributed by atoms with Gasteiger partial charge in [-0.1, -0.05) is 0 Å². The van der Waals surface area contributed by atoms with E-state index in [0.29, 0.717) is 34.4 Å². The average Bonchev–Trinajstić information content (AvgIpc) is 2.99. The number of nitrogens with zero attached hydrogens (tertiary/aromatic N) is 5. The van der Waals surface area contributed by atoms with Gasteiger partial charge in [-0.25, -0.2) is 0 Å². The van der Waals surface area contributed by atoms with Crippen molar-refractivity contribution in [2.45, 2.75) is 6.61 Å². The molecule has 0 spiro atoms. The molecule has 0 saturated carbocycles. The van der Waals surface area contributed by atoms with Crippen molar-refractivity contribution < 1.29 is 27.1 Å². The third-order valence-electron chi connectivity index (χ3n) is 4.59. The summed E-state index contributed by atoms with van der Waals surface area (Å²) in [6.45, 7) is 0.00532. The second-order valence-electron chi connectivity index (χ2n) is 7.38. The van der Waals surface area contributed by atoms with Crippen molar-refractivity contribution in [3.63, 3.8) is 0 Å². The Bertz CT molecular complexity index is 1330. The highest BCUT2D eigenvalue weighted by Crippen LogP contribution is 2.45. The van der Waals surface area contributed by atoms with Crippen molar-refractivity contribution in [2.24, 2.45) is 0 Å². The fourth-order valence-corrected chi connectivity index (χ4v) is 4.81. The molecule has 5 aromatic heterocycles. The molecule has 0 aliphatic carbocycles. The topological polar surface area (TPSA) is 120 Å². The Kier molecular flexibility index (Phi) is 9.35. The van der Waals surface area contributed by atoms with E-state index in [2.05, 4.69) is 24.9 Å². The summed E-state index contributed by atoms with van der Waals surface area (Å²) >= 11 is 0. The van der Waals surface area contributed by atoms with Gasteiger partial charge in [0, 0.05) is 31.0 Å². The molecule has 0 bridgehead atoms. The molecule has 0 atom stereocenters. The molecule has 0 aliphatic heterocycles. The fraction of sp³-hybridized carbons (Fsp3) is 0.0385. The minimum absolute atomic E-state index is 0.00532. The normalized spacial score (nSPS) is 10.7. The third kappa shape index (κ3) is 8.28. The van der Waals surface area contributed by atoms with Crippen LogP contribution in [0.2, 0.25) is 0 Å². The fourth-order valence-electron chi connectivity index (χ4n) is 2.88. The average molecular weight is 561 g/mol. The van der Waals surface area contributed by atoms with Gasteiger partial charge in [-0.3, -0.25) is 29.4 Å². The van der Waals surface area contributed by atoms with Gasteiger partial charge in [0.05, 0.1) is 24.8 Å². The monoisotopic (exact) mass is 561 g/mol. The smallest absolute Gasteiger partial charge is 0.416 e. The van der Waals surface area contributed by atoms with Gasteiger partial charge in [0.1, 0.15) is 35.3 Å². The molecule has 0 saturated heterocycles. The van der Waals surface area contributed by atoms with Crippen LogP contribution >= 0.6 is 17.2 Å². The highest BCUT2D eigenvalue weighted by molar-refractivity contribution is 7.43. The van der Waals surface area contributed by atoms with E-state index in [-0.39, 0.29) is 6.61 Å². The maximum atomic E-state index is 6.15. The van der Waals surface area contributed by atoms with Crippen LogP contribution < -0.4 is 22.6 Å². The maximum absolute atomic E-state index is 6.15. The number of rotatable bonds is 13. The lowest BCUT2D eigenvalue weighted by molar-refractivity contribution is 0.249. The van der Waals surface area contributed by atoms with Crippen molar-refractivity contribution >= 4 is 17.2 Å². The second kappa shape index (κ2) is 13.9. The summed E-state index contributed by atoms with van der Waals surface area (Å²) in [6.07, 6.45) is 14.5. The molecule has 196 valence electrons. The van der Waals surface area contributed by atoms with Crippen molar-refractivity contribution in [1.82, 2.24) is 24.9 Å². The molecule has 0 radical (unpaired) electrons. The predicted molar refractivity (Wildman–Crippen MR) is 143 cm³/mol. The molecule has 5 aromatic rings. The predicted octanol–water partition coefficient (Wildman–Crippen LogP) is 6.33. The van der Waals surface area contributed by atoms with Gasteiger partial charge < -0.3 is 22.6 Å². The molecule has 0 fully saturated rings. The summed E-state index contributed by atoms with van der Waals surface area (Å²) in [5.74, 6) is 2.33. The zero-order valence-corrected chi connectivity index (χ0v) is 22.0. The summed E-state index contributed by atoms with van der Waals surface area (Å²) in [4.78, 5) is 20.7. The molecule has 39 heavy (non-hydrogen) atoms. The molecule has 0 unspecified atom stereocenters. The molecule has 11 nitrogen and oxygen atoms in total. The van der Waals surface area contributed by atoms with Crippen molar-refractivity contribution in [1.29, 1.82) is 0 Å². The molecular formula is C26H21N5O6P2. The first-order chi connectivity index (χ1) is 19.3. The lowest BCUT2D eigenvalue weighted by Gasteiger charge is -2.20. The zero-order chi connectivity index (χ0) is 26.5. The highest BCUT2D eigenvalue weighted by atomic mass is 31.2. The Balaban J connectivity index is 1.32. The number of hydrogen-bond donors (Lipinski definition) is 0. The Hall–Kier alpha value is -4.43. The lowest BCUT2D eigenvalue weighted by atomic mass is 10.3. The van der Waals surface area contributed by atoms with Gasteiger partial charge in [-0.15, -0.1) is 0 Å². The summed E-state index contributed by atoms with van der Waals surface area (Å²) < 4.78 is 35.9. The molecular weight excluding hydrogens is 540 g/mol. The minimum atomic E-state index is -1.96. The van der Waals surface area contributed by atoms with Crippen LogP contribution in [0, 0.1) is 0 Å². The summed E-state index contributed by atoms with van der Waals surface area (Å²) in [5, 5.41) is 0. The van der Waals surface area contributed by atoms with Crippen LogP contribution in [-0.2, 0) is 11.1 Å². The Morgan fingerprint density at radius 3 is 1.36 bits per heavy atom. The van der Waals surface area contributed by atoms with Crippen LogP contribution in [0.3, 0.4) is 0 Å². The van der Waals surface area contributed by atoms with Crippen LogP contribution in [0.5, 0.6) is 28.7 Å². The molecule has 0 aromatic carbocycles. The highest BCUT2D eigenvalue weighted by Gasteiger charge is 2.24. The Labute approximate surface area is 226 Å². The minimum Gasteiger partial charge on any atom is -0.416 e. The number of hydrogen-bond acceptors (Lipinski definition) is 11. The van der Waals surface area contributed by atoms with E-state index in [1.54, 1.807) is 116 Å². The zero-order valence-electron chi connectivity index (χ0n) is 20.3. The van der Waals surface area contributed by atoms with Crippen LogP contribution in [0.1, 0.15) is 5.69 Å². The Morgan fingerprint density at radius 1 is 0.487 bits per heavy atom. The van der Waals surface area contributed by atoms with Crippen LogP contribution in [0.4, 0.5) is 0 Å². The molecule has 13 heteroatoms. The summed E-state index contributed by atoms with van der Waals surface area (Å²) in [7, 11) is -3.86. The molecule has 5 rings (SSSR count). The molecule has 0 N–H and O–H groups in total. The van der Waals surface area contributed by atoms with Gasteiger partial charge in [0.15, 0.2) is 5.75 Å². The van der Waals surface area contributed by atoms with Gasteiger partial charge in [0.2, 0.25) is 0 Å². The summed E-state index contributed by atoms with van der Waals surface area (Å²) in [6, 6.07) is 17.5. The van der Waals surface area contributed by atoms with Gasteiger partial charge in [-0.2, -0.15) is 0 Å². The first-order valence-corrected chi connectivity index (χ1v) is 13.7. The van der Waals surface area contributed by atoms with E-state index < -0.39 is 17.2 Å².